The van der Waals surface area contributed by atoms with Gasteiger partial charge in [0.2, 0.25) is 0 Å². The normalized spacial score (nSPS) is 11.9. The molecule has 2 heterocycles. The lowest BCUT2D eigenvalue weighted by atomic mass is 9.98. The number of nitrogens with one attached hydrogen (secondary N) is 1. The lowest BCUT2D eigenvalue weighted by molar-refractivity contribution is 0.483. The van der Waals surface area contributed by atoms with E-state index in [9.17, 15) is 0 Å². The Balaban J connectivity index is 1.85. The highest BCUT2D eigenvalue weighted by atomic mass is 32.1. The van der Waals surface area contributed by atoms with Crippen molar-refractivity contribution in [2.75, 3.05) is 0 Å². The summed E-state index contributed by atoms with van der Waals surface area (Å²) in [6.07, 6.45) is 3.65. The second-order valence-corrected chi connectivity index (χ2v) is 6.18. The molecule has 92 valence electrons. The number of furan rings is 1. The van der Waals surface area contributed by atoms with Crippen molar-refractivity contribution in [1.82, 2.24) is 10.3 Å². The van der Waals surface area contributed by atoms with Crippen LogP contribution in [-0.4, -0.2) is 4.98 Å². The predicted octanol–water partition coefficient (Wildman–Crippen LogP) is 3.32. The van der Waals surface area contributed by atoms with Gasteiger partial charge in [-0.25, -0.2) is 4.98 Å². The fourth-order valence-electron chi connectivity index (χ4n) is 1.46. The van der Waals surface area contributed by atoms with Gasteiger partial charge in [-0.05, 0) is 12.1 Å². The molecular weight excluding hydrogens is 232 g/mol. The van der Waals surface area contributed by atoms with Crippen molar-refractivity contribution in [3.8, 4) is 0 Å². The third kappa shape index (κ3) is 3.41. The average Bonchev–Trinajstić information content (AvgIpc) is 2.86. The van der Waals surface area contributed by atoms with Gasteiger partial charge in [0.1, 0.15) is 5.76 Å². The van der Waals surface area contributed by atoms with E-state index in [0.29, 0.717) is 0 Å². The topological polar surface area (TPSA) is 38.1 Å². The Bertz CT molecular complexity index is 454. The summed E-state index contributed by atoms with van der Waals surface area (Å²) in [7, 11) is 0. The molecule has 0 aromatic carbocycles. The van der Waals surface area contributed by atoms with E-state index in [2.05, 4.69) is 31.1 Å². The van der Waals surface area contributed by atoms with E-state index in [0.717, 1.165) is 18.8 Å². The minimum Gasteiger partial charge on any atom is -0.468 e. The highest BCUT2D eigenvalue weighted by molar-refractivity contribution is 7.11. The monoisotopic (exact) mass is 250 g/mol. The zero-order chi connectivity index (χ0) is 12.3. The Morgan fingerprint density at radius 2 is 2.18 bits per heavy atom. The van der Waals surface area contributed by atoms with Gasteiger partial charge in [-0.15, -0.1) is 11.3 Å². The molecule has 2 aromatic rings. The van der Waals surface area contributed by atoms with E-state index in [4.69, 9.17) is 4.42 Å². The summed E-state index contributed by atoms with van der Waals surface area (Å²) in [6, 6.07) is 3.88. The Hall–Kier alpha value is -1.13. The molecule has 0 atom stereocenters. The lowest BCUT2D eigenvalue weighted by Gasteiger charge is -2.13. The lowest BCUT2D eigenvalue weighted by Crippen LogP contribution is -2.11. The summed E-state index contributed by atoms with van der Waals surface area (Å²) in [5, 5.41) is 4.53. The smallest absolute Gasteiger partial charge is 0.117 e. The molecule has 2 aromatic heterocycles. The van der Waals surface area contributed by atoms with Gasteiger partial charge in [-0.3, -0.25) is 0 Å². The van der Waals surface area contributed by atoms with E-state index < -0.39 is 0 Å². The van der Waals surface area contributed by atoms with E-state index >= 15 is 0 Å². The number of hydrogen-bond donors (Lipinski definition) is 1. The number of hydrogen-bond acceptors (Lipinski definition) is 4. The third-order valence-electron chi connectivity index (χ3n) is 2.37. The maximum Gasteiger partial charge on any atom is 0.117 e. The fraction of sp³-hybridized carbons (Fsp3) is 0.462. The van der Waals surface area contributed by atoms with E-state index in [1.54, 1.807) is 17.6 Å². The highest BCUT2D eigenvalue weighted by Crippen LogP contribution is 2.26. The molecule has 1 N–H and O–H groups in total. The molecule has 0 spiro atoms. The Kier molecular flexibility index (Phi) is 3.64. The summed E-state index contributed by atoms with van der Waals surface area (Å²) >= 11 is 1.77. The molecule has 3 nitrogen and oxygen atoms in total. The second kappa shape index (κ2) is 5.02. The van der Waals surface area contributed by atoms with E-state index in [1.165, 1.54) is 9.88 Å². The Morgan fingerprint density at radius 3 is 2.76 bits per heavy atom. The van der Waals surface area contributed by atoms with Crippen LogP contribution in [0.4, 0.5) is 0 Å². The molecule has 0 amide bonds. The van der Waals surface area contributed by atoms with Crippen LogP contribution >= 0.6 is 11.3 Å². The van der Waals surface area contributed by atoms with Gasteiger partial charge in [0, 0.05) is 23.0 Å². The van der Waals surface area contributed by atoms with Gasteiger partial charge < -0.3 is 9.73 Å². The molecule has 0 bridgehead atoms. The molecular formula is C13H18N2OS. The van der Waals surface area contributed by atoms with Crippen LogP contribution in [0.5, 0.6) is 0 Å². The second-order valence-electron chi connectivity index (χ2n) is 5.06. The van der Waals surface area contributed by atoms with Crippen molar-refractivity contribution in [1.29, 1.82) is 0 Å². The van der Waals surface area contributed by atoms with Gasteiger partial charge in [-0.1, -0.05) is 20.8 Å². The van der Waals surface area contributed by atoms with E-state index in [1.807, 2.05) is 18.3 Å². The molecule has 2 rings (SSSR count). The van der Waals surface area contributed by atoms with Crippen LogP contribution in [0.15, 0.2) is 29.0 Å². The molecule has 0 unspecified atom stereocenters. The average molecular weight is 250 g/mol. The first kappa shape index (κ1) is 12.3. The zero-order valence-corrected chi connectivity index (χ0v) is 11.3. The van der Waals surface area contributed by atoms with E-state index in [-0.39, 0.29) is 5.41 Å². The summed E-state index contributed by atoms with van der Waals surface area (Å²) in [5.74, 6) is 0.963. The van der Waals surface area contributed by atoms with Crippen LogP contribution in [0.3, 0.4) is 0 Å². The number of rotatable bonds is 4. The van der Waals surface area contributed by atoms with Gasteiger partial charge in [0.05, 0.1) is 17.8 Å². The minimum atomic E-state index is 0.143. The number of nitrogens with zero attached hydrogens (tertiary/aromatic N) is 1. The first-order valence-corrected chi connectivity index (χ1v) is 6.55. The van der Waals surface area contributed by atoms with Crippen molar-refractivity contribution in [3.63, 3.8) is 0 Å². The van der Waals surface area contributed by atoms with Crippen molar-refractivity contribution in [3.05, 3.63) is 40.2 Å². The molecule has 4 heteroatoms. The van der Waals surface area contributed by atoms with Crippen LogP contribution in [-0.2, 0) is 18.5 Å². The summed E-state index contributed by atoms with van der Waals surface area (Å²) in [4.78, 5) is 5.72. The van der Waals surface area contributed by atoms with Crippen LogP contribution in [0.25, 0.3) is 0 Å². The van der Waals surface area contributed by atoms with Crippen molar-refractivity contribution in [2.24, 2.45) is 0 Å². The molecule has 0 saturated heterocycles. The summed E-state index contributed by atoms with van der Waals surface area (Å²) in [5.41, 5.74) is 0.143. The first-order chi connectivity index (χ1) is 8.05. The molecule has 0 aliphatic carbocycles. The van der Waals surface area contributed by atoms with Crippen molar-refractivity contribution < 1.29 is 4.42 Å². The third-order valence-corrected chi connectivity index (χ3v) is 3.80. The standard InChI is InChI=1S/C13H18N2OS/c1-13(2,3)12-15-9-11(17-12)8-14-7-10-5-4-6-16-10/h4-6,9,14H,7-8H2,1-3H3. The molecule has 0 aliphatic heterocycles. The molecule has 17 heavy (non-hydrogen) atoms. The SMILES string of the molecule is CC(C)(C)c1ncc(CNCc2ccco2)s1. The van der Waals surface area contributed by atoms with Gasteiger partial charge in [0.25, 0.3) is 0 Å². The largest absolute Gasteiger partial charge is 0.468 e. The summed E-state index contributed by atoms with van der Waals surface area (Å²) < 4.78 is 5.26. The van der Waals surface area contributed by atoms with Crippen LogP contribution in [0, 0.1) is 0 Å². The van der Waals surface area contributed by atoms with Crippen LogP contribution < -0.4 is 5.32 Å². The van der Waals surface area contributed by atoms with Gasteiger partial charge >= 0.3 is 0 Å². The van der Waals surface area contributed by atoms with Crippen molar-refractivity contribution in [2.45, 2.75) is 39.3 Å². The molecule has 0 fully saturated rings. The van der Waals surface area contributed by atoms with Crippen molar-refractivity contribution >= 4 is 11.3 Å². The maximum atomic E-state index is 5.26. The zero-order valence-electron chi connectivity index (χ0n) is 10.5. The molecule has 0 aliphatic rings. The first-order valence-electron chi connectivity index (χ1n) is 5.74. The number of aromatic nitrogens is 1. The quantitative estimate of drug-likeness (QED) is 0.904. The minimum absolute atomic E-state index is 0.143. The fourth-order valence-corrected chi connectivity index (χ4v) is 2.40. The van der Waals surface area contributed by atoms with Gasteiger partial charge in [-0.2, -0.15) is 0 Å². The highest BCUT2D eigenvalue weighted by Gasteiger charge is 2.17. The number of thiazole rings is 1. The van der Waals surface area contributed by atoms with Crippen LogP contribution in [0.2, 0.25) is 0 Å². The Morgan fingerprint density at radius 1 is 1.35 bits per heavy atom. The van der Waals surface area contributed by atoms with Crippen LogP contribution in [0.1, 0.15) is 36.4 Å². The Labute approximate surface area is 106 Å². The maximum absolute atomic E-state index is 5.26. The molecule has 0 radical (unpaired) electrons. The predicted molar refractivity (Wildman–Crippen MR) is 70.1 cm³/mol. The molecule has 0 saturated carbocycles. The van der Waals surface area contributed by atoms with Gasteiger partial charge in [0.15, 0.2) is 0 Å². The summed E-state index contributed by atoms with van der Waals surface area (Å²) in [6.45, 7) is 8.16.